The van der Waals surface area contributed by atoms with Gasteiger partial charge in [-0.25, -0.2) is 4.39 Å². The fourth-order valence-corrected chi connectivity index (χ4v) is 1.28. The lowest BCUT2D eigenvalue weighted by molar-refractivity contribution is 0.0696. The van der Waals surface area contributed by atoms with Gasteiger partial charge < -0.3 is 20.3 Å². The molecule has 0 aliphatic heterocycles. The highest BCUT2D eigenvalue weighted by Crippen LogP contribution is 2.18. The van der Waals surface area contributed by atoms with Gasteiger partial charge in [0.1, 0.15) is 11.6 Å². The Kier molecular flexibility index (Phi) is 5.82. The second-order valence-corrected chi connectivity index (χ2v) is 3.63. The van der Waals surface area contributed by atoms with Gasteiger partial charge in [0, 0.05) is 5.56 Å². The first-order valence-corrected chi connectivity index (χ1v) is 5.46. The van der Waals surface area contributed by atoms with Crippen LogP contribution in [0.2, 0.25) is 0 Å². The number of ether oxygens (including phenoxy) is 2. The van der Waals surface area contributed by atoms with E-state index in [1.165, 1.54) is 12.1 Å². The highest BCUT2D eigenvalue weighted by molar-refractivity contribution is 7.80. The normalized spacial score (nSPS) is 10.2. The smallest absolute Gasteiger partial charge is 0.165 e. The molecule has 0 aromatic heterocycles. The summed E-state index contributed by atoms with van der Waals surface area (Å²) in [4.78, 5) is 0.140. The molecule has 17 heavy (non-hydrogen) atoms. The topological polar surface area (TPSA) is 64.7 Å². The van der Waals surface area contributed by atoms with Crippen LogP contribution in [0.25, 0.3) is 0 Å². The molecule has 0 spiro atoms. The van der Waals surface area contributed by atoms with E-state index in [0.717, 1.165) is 0 Å². The number of hydrogen-bond acceptors (Lipinski definition) is 4. The lowest BCUT2D eigenvalue weighted by Gasteiger charge is -2.08. The van der Waals surface area contributed by atoms with E-state index in [2.05, 4.69) is 0 Å². The van der Waals surface area contributed by atoms with Crippen molar-refractivity contribution in [2.75, 3.05) is 26.4 Å². The van der Waals surface area contributed by atoms with Gasteiger partial charge in [0.05, 0.1) is 19.8 Å². The van der Waals surface area contributed by atoms with Crippen LogP contribution in [-0.2, 0) is 4.74 Å². The molecule has 1 aromatic rings. The van der Waals surface area contributed by atoms with E-state index in [9.17, 15) is 4.39 Å². The Morgan fingerprint density at radius 1 is 1.35 bits per heavy atom. The van der Waals surface area contributed by atoms with Crippen LogP contribution < -0.4 is 10.5 Å². The minimum atomic E-state index is -0.516. The van der Waals surface area contributed by atoms with Crippen LogP contribution >= 0.6 is 12.2 Å². The molecule has 94 valence electrons. The third kappa shape index (κ3) is 4.64. The Labute approximate surface area is 104 Å². The molecule has 1 rings (SSSR count). The molecule has 0 saturated carbocycles. The van der Waals surface area contributed by atoms with Gasteiger partial charge >= 0.3 is 0 Å². The fraction of sp³-hybridized carbons (Fsp3) is 0.364. The molecular formula is C11H14FNO3S. The third-order valence-electron chi connectivity index (χ3n) is 1.94. The summed E-state index contributed by atoms with van der Waals surface area (Å²) in [5.41, 5.74) is 5.83. The summed E-state index contributed by atoms with van der Waals surface area (Å²) in [7, 11) is 0. The van der Waals surface area contributed by atoms with Crippen molar-refractivity contribution in [3.05, 3.63) is 29.6 Å². The number of rotatable bonds is 7. The van der Waals surface area contributed by atoms with E-state index in [1.807, 2.05) is 0 Å². The maximum absolute atomic E-state index is 13.5. The van der Waals surface area contributed by atoms with E-state index >= 15 is 0 Å². The second kappa shape index (κ2) is 7.16. The number of hydrogen-bond donors (Lipinski definition) is 2. The van der Waals surface area contributed by atoms with Gasteiger partial charge in [-0.3, -0.25) is 0 Å². The van der Waals surface area contributed by atoms with E-state index < -0.39 is 5.82 Å². The molecule has 0 heterocycles. The first-order chi connectivity index (χ1) is 8.15. The quantitative estimate of drug-likeness (QED) is 0.561. The number of halogens is 1. The zero-order valence-electron chi connectivity index (χ0n) is 9.19. The van der Waals surface area contributed by atoms with E-state index in [1.54, 1.807) is 6.07 Å². The maximum atomic E-state index is 13.5. The Hall–Kier alpha value is -1.24. The first-order valence-electron chi connectivity index (χ1n) is 5.06. The lowest BCUT2D eigenvalue weighted by atomic mass is 10.2. The SMILES string of the molecule is NC(=S)c1ccc(OCCOCCO)c(F)c1. The van der Waals surface area contributed by atoms with Crippen molar-refractivity contribution in [1.82, 2.24) is 0 Å². The van der Waals surface area contributed by atoms with Crippen molar-refractivity contribution < 1.29 is 19.0 Å². The molecule has 3 N–H and O–H groups in total. The molecule has 0 bridgehead atoms. The van der Waals surface area contributed by atoms with Gasteiger partial charge in [0.15, 0.2) is 11.6 Å². The predicted molar refractivity (Wildman–Crippen MR) is 65.7 cm³/mol. The molecule has 4 nitrogen and oxygen atoms in total. The van der Waals surface area contributed by atoms with Crippen molar-refractivity contribution in [3.63, 3.8) is 0 Å². The lowest BCUT2D eigenvalue weighted by Crippen LogP contribution is -2.11. The molecule has 0 aliphatic carbocycles. The molecule has 0 amide bonds. The van der Waals surface area contributed by atoms with E-state index in [-0.39, 0.29) is 37.2 Å². The summed E-state index contributed by atoms with van der Waals surface area (Å²) < 4.78 is 23.6. The van der Waals surface area contributed by atoms with Crippen LogP contribution in [0.5, 0.6) is 5.75 Å². The Balaban J connectivity index is 2.46. The van der Waals surface area contributed by atoms with Gasteiger partial charge in [-0.1, -0.05) is 12.2 Å². The van der Waals surface area contributed by atoms with Gasteiger partial charge in [-0.05, 0) is 18.2 Å². The number of thiocarbonyl (C=S) groups is 1. The Bertz CT molecular complexity index is 387. The van der Waals surface area contributed by atoms with Crippen LogP contribution in [0.3, 0.4) is 0 Å². The summed E-state index contributed by atoms with van der Waals surface area (Å²) in [6.07, 6.45) is 0. The van der Waals surface area contributed by atoms with Crippen LogP contribution in [0.15, 0.2) is 18.2 Å². The fourth-order valence-electron chi connectivity index (χ4n) is 1.15. The summed E-state index contributed by atoms with van der Waals surface area (Å²) in [5.74, 6) is -0.393. The highest BCUT2D eigenvalue weighted by Gasteiger charge is 2.06. The van der Waals surface area contributed by atoms with Crippen LogP contribution in [0.4, 0.5) is 4.39 Å². The molecule has 0 fully saturated rings. The van der Waals surface area contributed by atoms with Crippen molar-refractivity contribution >= 4 is 17.2 Å². The minimum absolute atomic E-state index is 0.0446. The van der Waals surface area contributed by atoms with Crippen molar-refractivity contribution in [1.29, 1.82) is 0 Å². The zero-order valence-corrected chi connectivity index (χ0v) is 10.0. The van der Waals surface area contributed by atoms with Gasteiger partial charge in [-0.2, -0.15) is 0 Å². The maximum Gasteiger partial charge on any atom is 0.165 e. The summed E-state index contributed by atoms with van der Waals surface area (Å²) >= 11 is 4.73. The molecule has 6 heteroatoms. The van der Waals surface area contributed by atoms with E-state index in [4.69, 9.17) is 32.5 Å². The largest absolute Gasteiger partial charge is 0.488 e. The molecule has 0 unspecified atom stereocenters. The molecule has 1 aromatic carbocycles. The van der Waals surface area contributed by atoms with Crippen molar-refractivity contribution in [2.45, 2.75) is 0 Å². The zero-order chi connectivity index (χ0) is 12.7. The number of aliphatic hydroxyl groups excluding tert-OH is 1. The monoisotopic (exact) mass is 259 g/mol. The summed E-state index contributed by atoms with van der Waals surface area (Å²) in [6.45, 7) is 0.698. The molecule has 0 aliphatic rings. The van der Waals surface area contributed by atoms with Crippen LogP contribution in [-0.4, -0.2) is 36.5 Å². The first kappa shape index (κ1) is 13.8. The molecule has 0 saturated heterocycles. The van der Waals surface area contributed by atoms with Crippen molar-refractivity contribution in [2.24, 2.45) is 5.73 Å². The number of aliphatic hydroxyl groups is 1. The van der Waals surface area contributed by atoms with Gasteiger partial charge in [0.2, 0.25) is 0 Å². The molecular weight excluding hydrogens is 245 g/mol. The average molecular weight is 259 g/mol. The van der Waals surface area contributed by atoms with Gasteiger partial charge in [-0.15, -0.1) is 0 Å². The Morgan fingerprint density at radius 3 is 2.71 bits per heavy atom. The minimum Gasteiger partial charge on any atom is -0.488 e. The standard InChI is InChI=1S/C11H14FNO3S/c12-9-7-8(11(13)17)1-2-10(9)16-6-5-15-4-3-14/h1-2,7,14H,3-6H2,(H2,13,17). The Morgan fingerprint density at radius 2 is 2.12 bits per heavy atom. The third-order valence-corrected chi connectivity index (χ3v) is 2.17. The number of benzene rings is 1. The van der Waals surface area contributed by atoms with Crippen LogP contribution in [0.1, 0.15) is 5.56 Å². The average Bonchev–Trinajstić information content (AvgIpc) is 2.30. The highest BCUT2D eigenvalue weighted by atomic mass is 32.1. The van der Waals surface area contributed by atoms with Crippen LogP contribution in [0, 0.1) is 5.82 Å². The number of nitrogens with two attached hydrogens (primary N) is 1. The molecule has 0 radical (unpaired) electrons. The molecule has 0 atom stereocenters. The van der Waals surface area contributed by atoms with E-state index in [0.29, 0.717) is 5.56 Å². The summed E-state index contributed by atoms with van der Waals surface area (Å²) in [5, 5.41) is 8.46. The summed E-state index contributed by atoms with van der Waals surface area (Å²) in [6, 6.07) is 4.29. The van der Waals surface area contributed by atoms with Crippen molar-refractivity contribution in [3.8, 4) is 5.75 Å². The predicted octanol–water partition coefficient (Wildman–Crippen LogP) is 0.848. The van der Waals surface area contributed by atoms with Gasteiger partial charge in [0.25, 0.3) is 0 Å². The second-order valence-electron chi connectivity index (χ2n) is 3.19.